The van der Waals surface area contributed by atoms with E-state index in [0.717, 1.165) is 31.7 Å². The zero-order valence-electron chi connectivity index (χ0n) is 14.7. The Morgan fingerprint density at radius 1 is 1.24 bits per heavy atom. The molecule has 1 unspecified atom stereocenters. The van der Waals surface area contributed by atoms with Gasteiger partial charge in [-0.05, 0) is 60.4 Å². The van der Waals surface area contributed by atoms with Gasteiger partial charge < -0.3 is 4.90 Å². The van der Waals surface area contributed by atoms with Crippen molar-refractivity contribution in [3.63, 3.8) is 0 Å². The van der Waals surface area contributed by atoms with Crippen molar-refractivity contribution >= 4 is 17.7 Å². The van der Waals surface area contributed by atoms with Crippen LogP contribution < -0.4 is 0 Å². The van der Waals surface area contributed by atoms with Gasteiger partial charge in [0.15, 0.2) is 0 Å². The molecule has 0 saturated carbocycles. The second-order valence-corrected chi connectivity index (χ2v) is 9.59. The Morgan fingerprint density at radius 2 is 1.90 bits per heavy atom. The largest absolute Gasteiger partial charge is 0.322 e. The Labute approximate surface area is 134 Å². The summed E-state index contributed by atoms with van der Waals surface area (Å²) in [6, 6.07) is 0. The van der Waals surface area contributed by atoms with E-state index in [9.17, 15) is 4.79 Å². The molecule has 1 atom stereocenters. The summed E-state index contributed by atoms with van der Waals surface area (Å²) in [6.45, 7) is 15.7. The van der Waals surface area contributed by atoms with E-state index in [1.54, 1.807) is 0 Å². The molecule has 2 heterocycles. The van der Waals surface area contributed by atoms with Crippen molar-refractivity contribution in [3.8, 4) is 0 Å². The van der Waals surface area contributed by atoms with Crippen molar-refractivity contribution in [3.05, 3.63) is 0 Å². The molecule has 2 aliphatic rings. The molecule has 2 saturated heterocycles. The summed E-state index contributed by atoms with van der Waals surface area (Å²) in [5.74, 6) is 1.32. The van der Waals surface area contributed by atoms with Gasteiger partial charge in [0.1, 0.15) is 4.87 Å². The van der Waals surface area contributed by atoms with Gasteiger partial charge in [0.2, 0.25) is 5.91 Å². The van der Waals surface area contributed by atoms with E-state index in [2.05, 4.69) is 51.3 Å². The smallest absolute Gasteiger partial charge is 0.224 e. The first-order valence-corrected chi connectivity index (χ1v) is 9.33. The van der Waals surface area contributed by atoms with Gasteiger partial charge in [0.05, 0.1) is 0 Å². The van der Waals surface area contributed by atoms with Crippen molar-refractivity contribution in [1.29, 1.82) is 0 Å². The topological polar surface area (TPSA) is 23.6 Å². The maximum Gasteiger partial charge on any atom is 0.224 e. The van der Waals surface area contributed by atoms with Crippen LogP contribution in [-0.4, -0.2) is 50.5 Å². The van der Waals surface area contributed by atoms with Crippen molar-refractivity contribution in [2.45, 2.75) is 83.2 Å². The van der Waals surface area contributed by atoms with Crippen molar-refractivity contribution in [2.24, 2.45) is 0 Å². The number of rotatable bonds is 2. The van der Waals surface area contributed by atoms with E-state index in [1.165, 1.54) is 6.42 Å². The van der Waals surface area contributed by atoms with Crippen LogP contribution in [0.3, 0.4) is 0 Å². The van der Waals surface area contributed by atoms with E-state index in [4.69, 9.17) is 0 Å². The van der Waals surface area contributed by atoms with Gasteiger partial charge in [-0.15, -0.1) is 11.8 Å². The minimum Gasteiger partial charge on any atom is -0.322 e. The molecule has 21 heavy (non-hydrogen) atoms. The quantitative estimate of drug-likeness (QED) is 0.776. The molecule has 0 radical (unpaired) electrons. The second-order valence-electron chi connectivity index (χ2n) is 8.14. The predicted octanol–water partition coefficient (Wildman–Crippen LogP) is 3.73. The molecule has 122 valence electrons. The van der Waals surface area contributed by atoms with Gasteiger partial charge in [-0.25, -0.2) is 0 Å². The fourth-order valence-electron chi connectivity index (χ4n) is 3.76. The third-order valence-electron chi connectivity index (χ3n) is 5.17. The average Bonchev–Trinajstić information content (AvgIpc) is 2.37. The summed E-state index contributed by atoms with van der Waals surface area (Å²) in [6.07, 6.45) is 4.17. The minimum absolute atomic E-state index is 0.0156. The fraction of sp³-hybridized carbons (Fsp3) is 0.941. The van der Waals surface area contributed by atoms with Gasteiger partial charge in [0.25, 0.3) is 0 Å². The Balaban J connectivity index is 2.31. The van der Waals surface area contributed by atoms with Crippen LogP contribution in [0, 0.1) is 0 Å². The van der Waals surface area contributed by atoms with E-state index in [1.807, 2.05) is 11.8 Å². The van der Waals surface area contributed by atoms with Gasteiger partial charge in [-0.3, -0.25) is 9.69 Å². The number of carbonyl (C=O) groups excluding carboxylic acids is 1. The lowest BCUT2D eigenvalue weighted by Crippen LogP contribution is -2.67. The maximum atomic E-state index is 12.6. The summed E-state index contributed by atoms with van der Waals surface area (Å²) in [4.78, 5) is 17.4. The van der Waals surface area contributed by atoms with Crippen LogP contribution in [0.25, 0.3) is 0 Å². The zero-order chi connectivity index (χ0) is 15.9. The Hall–Kier alpha value is -0.220. The molecule has 0 bridgehead atoms. The fourth-order valence-corrected chi connectivity index (χ4v) is 5.46. The number of nitrogens with zero attached hydrogens (tertiary/aromatic N) is 2. The van der Waals surface area contributed by atoms with Crippen LogP contribution >= 0.6 is 11.8 Å². The summed E-state index contributed by atoms with van der Waals surface area (Å²) in [5.41, 5.74) is 0.127. The number of piperidine rings is 1. The molecule has 0 aromatic heterocycles. The lowest BCUT2D eigenvalue weighted by Gasteiger charge is -2.58. The highest BCUT2D eigenvalue weighted by Crippen LogP contribution is 2.46. The van der Waals surface area contributed by atoms with Crippen LogP contribution in [0.1, 0.15) is 67.2 Å². The molecule has 1 amide bonds. The second kappa shape index (κ2) is 5.77. The lowest BCUT2D eigenvalue weighted by molar-refractivity contribution is -0.144. The molecule has 3 nitrogen and oxygen atoms in total. The molecule has 1 spiro atoms. The zero-order valence-corrected chi connectivity index (χ0v) is 15.5. The molecular formula is C17H32N2OS. The van der Waals surface area contributed by atoms with Gasteiger partial charge in [-0.1, -0.05) is 6.92 Å². The highest BCUT2D eigenvalue weighted by atomic mass is 32.2. The molecule has 2 fully saturated rings. The van der Waals surface area contributed by atoms with E-state index < -0.39 is 0 Å². The molecule has 0 N–H and O–H groups in total. The first-order valence-electron chi connectivity index (χ1n) is 8.35. The molecule has 2 aliphatic heterocycles. The normalized spacial score (nSPS) is 29.2. The molecule has 0 aromatic carbocycles. The van der Waals surface area contributed by atoms with Gasteiger partial charge >= 0.3 is 0 Å². The van der Waals surface area contributed by atoms with Crippen LogP contribution in [0.5, 0.6) is 0 Å². The van der Waals surface area contributed by atoms with Gasteiger partial charge in [-0.2, -0.15) is 0 Å². The highest BCUT2D eigenvalue weighted by molar-refractivity contribution is 8.00. The van der Waals surface area contributed by atoms with Gasteiger partial charge in [0, 0.05) is 29.8 Å². The Kier molecular flexibility index (Phi) is 4.71. The maximum absolute atomic E-state index is 12.6. The molecule has 0 aromatic rings. The summed E-state index contributed by atoms with van der Waals surface area (Å²) in [7, 11) is 0. The summed E-state index contributed by atoms with van der Waals surface area (Å²) >= 11 is 2.02. The standard InChI is InChI=1S/C17H32N2OS/c1-7-16(5,6)18-11-8-10-17(13-18)19(15(2,3)4)14(20)9-12-21-17/h7-13H2,1-6H3. The number of amides is 1. The molecular weight excluding hydrogens is 280 g/mol. The van der Waals surface area contributed by atoms with Crippen molar-refractivity contribution in [1.82, 2.24) is 9.80 Å². The number of thioether (sulfide) groups is 1. The van der Waals surface area contributed by atoms with E-state index in [0.29, 0.717) is 12.3 Å². The lowest BCUT2D eigenvalue weighted by atomic mass is 9.90. The Bertz CT molecular complexity index is 398. The van der Waals surface area contributed by atoms with Crippen molar-refractivity contribution in [2.75, 3.05) is 18.8 Å². The molecule has 2 rings (SSSR count). The Morgan fingerprint density at radius 3 is 2.48 bits per heavy atom. The van der Waals surface area contributed by atoms with E-state index >= 15 is 0 Å². The van der Waals surface area contributed by atoms with Crippen LogP contribution in [-0.2, 0) is 4.79 Å². The first kappa shape index (κ1) is 17.1. The highest BCUT2D eigenvalue weighted by Gasteiger charge is 2.51. The predicted molar refractivity (Wildman–Crippen MR) is 91.6 cm³/mol. The third-order valence-corrected chi connectivity index (χ3v) is 6.63. The minimum atomic E-state index is -0.0934. The SMILES string of the molecule is CCC(C)(C)N1CCCC2(C1)SCCC(=O)N2C(C)(C)C. The summed E-state index contributed by atoms with van der Waals surface area (Å²) < 4.78 is 0. The van der Waals surface area contributed by atoms with Crippen molar-refractivity contribution < 1.29 is 4.79 Å². The molecule has 4 heteroatoms. The summed E-state index contributed by atoms with van der Waals surface area (Å²) in [5, 5.41) is 0. The number of hydrogen-bond acceptors (Lipinski definition) is 3. The van der Waals surface area contributed by atoms with E-state index in [-0.39, 0.29) is 15.9 Å². The monoisotopic (exact) mass is 312 g/mol. The number of carbonyl (C=O) groups is 1. The first-order chi connectivity index (χ1) is 9.62. The number of likely N-dealkylation sites (tertiary alicyclic amines) is 1. The molecule has 0 aliphatic carbocycles. The van der Waals surface area contributed by atoms with Crippen LogP contribution in [0.15, 0.2) is 0 Å². The third kappa shape index (κ3) is 3.26. The van der Waals surface area contributed by atoms with Crippen LogP contribution in [0.2, 0.25) is 0 Å². The average molecular weight is 313 g/mol. The number of hydrogen-bond donors (Lipinski definition) is 0. The van der Waals surface area contributed by atoms with Crippen LogP contribution in [0.4, 0.5) is 0 Å².